The molecule has 1 aliphatic heterocycles. The number of aromatic nitrogens is 3. The van der Waals surface area contributed by atoms with Crippen LogP contribution in [0.4, 0.5) is 13.2 Å². The van der Waals surface area contributed by atoms with Gasteiger partial charge in [-0.15, -0.1) is 0 Å². The van der Waals surface area contributed by atoms with Gasteiger partial charge >= 0.3 is 6.61 Å². The van der Waals surface area contributed by atoms with Gasteiger partial charge < -0.3 is 14.0 Å². The molecule has 30 heavy (non-hydrogen) atoms. The van der Waals surface area contributed by atoms with E-state index in [0.717, 1.165) is 22.6 Å². The zero-order valence-corrected chi connectivity index (χ0v) is 16.7. The molecular formula is C22H22F3N3O2. The van der Waals surface area contributed by atoms with E-state index in [-0.39, 0.29) is 17.4 Å². The van der Waals surface area contributed by atoms with Gasteiger partial charge in [-0.2, -0.15) is 8.78 Å². The van der Waals surface area contributed by atoms with Gasteiger partial charge in [-0.3, -0.25) is 4.98 Å². The Hall–Kier alpha value is -2.87. The molecule has 0 bridgehead atoms. The number of benzene rings is 1. The molecule has 4 rings (SSSR count). The van der Waals surface area contributed by atoms with Crippen LogP contribution < -0.4 is 4.74 Å². The van der Waals surface area contributed by atoms with E-state index >= 15 is 0 Å². The van der Waals surface area contributed by atoms with Crippen LogP contribution in [-0.4, -0.2) is 33.9 Å². The lowest BCUT2D eigenvalue weighted by molar-refractivity contribution is -0.0506. The van der Waals surface area contributed by atoms with Gasteiger partial charge in [0.05, 0.1) is 24.9 Å². The van der Waals surface area contributed by atoms with Crippen molar-refractivity contribution in [2.45, 2.75) is 46.2 Å². The van der Waals surface area contributed by atoms with E-state index in [1.54, 1.807) is 12.3 Å². The number of rotatable bonds is 5. The van der Waals surface area contributed by atoms with E-state index in [9.17, 15) is 13.2 Å². The fourth-order valence-electron chi connectivity index (χ4n) is 3.78. The first-order valence-electron chi connectivity index (χ1n) is 9.74. The Labute approximate surface area is 172 Å². The molecule has 0 saturated carbocycles. The number of fused-ring (bicyclic) bond motifs is 1. The molecule has 1 aromatic carbocycles. The summed E-state index contributed by atoms with van der Waals surface area (Å²) >= 11 is 0. The summed E-state index contributed by atoms with van der Waals surface area (Å²) in [5, 5.41) is 0. The lowest BCUT2D eigenvalue weighted by Gasteiger charge is -2.14. The van der Waals surface area contributed by atoms with Gasteiger partial charge in [0, 0.05) is 40.7 Å². The molecule has 1 atom stereocenters. The number of ether oxygens (including phenoxy) is 2. The summed E-state index contributed by atoms with van der Waals surface area (Å²) in [5.41, 5.74) is 4.36. The smallest absolute Gasteiger partial charge is 0.387 e. The van der Waals surface area contributed by atoms with Gasteiger partial charge in [0.25, 0.3) is 0 Å². The summed E-state index contributed by atoms with van der Waals surface area (Å²) in [4.78, 5) is 9.14. The highest BCUT2D eigenvalue weighted by Gasteiger charge is 2.24. The number of aryl methyl sites for hydroxylation is 1. The van der Waals surface area contributed by atoms with Gasteiger partial charge in [0.15, 0.2) is 0 Å². The fourth-order valence-corrected chi connectivity index (χ4v) is 3.78. The van der Waals surface area contributed by atoms with Crippen molar-refractivity contribution in [1.82, 2.24) is 14.5 Å². The lowest BCUT2D eigenvalue weighted by Crippen LogP contribution is -2.15. The van der Waals surface area contributed by atoms with E-state index in [1.807, 2.05) is 26.0 Å². The van der Waals surface area contributed by atoms with Crippen molar-refractivity contribution >= 4 is 0 Å². The van der Waals surface area contributed by atoms with Crippen LogP contribution in [0.5, 0.6) is 5.75 Å². The van der Waals surface area contributed by atoms with Crippen molar-refractivity contribution in [3.8, 4) is 28.4 Å². The molecule has 0 amide bonds. The van der Waals surface area contributed by atoms with E-state index in [1.165, 1.54) is 12.1 Å². The molecule has 0 N–H and O–H groups in total. The molecule has 8 heteroatoms. The van der Waals surface area contributed by atoms with Gasteiger partial charge in [-0.25, -0.2) is 9.37 Å². The number of hydrogen-bond acceptors (Lipinski definition) is 4. The third-order valence-electron chi connectivity index (χ3n) is 5.10. The van der Waals surface area contributed by atoms with E-state index in [2.05, 4.69) is 14.3 Å². The molecule has 0 fully saturated rings. The third kappa shape index (κ3) is 4.05. The maximum atomic E-state index is 13.5. The standard InChI is InChI=1S/C22H22F3N3O2/c1-13-9-15(5-7-26-13)20-18-6-8-29-14(2)12-28(18)21(27-20)16-3-4-19(30-22(24)25)17(10-16)11-23/h3-5,7,9-10,14,22H,6,8,11-12H2,1-2H3/t14-/m1/s1. The van der Waals surface area contributed by atoms with Crippen LogP contribution in [0.3, 0.4) is 0 Å². The summed E-state index contributed by atoms with van der Waals surface area (Å²) in [6.45, 7) is 1.13. The predicted molar refractivity (Wildman–Crippen MR) is 106 cm³/mol. The molecule has 5 nitrogen and oxygen atoms in total. The van der Waals surface area contributed by atoms with Crippen LogP contribution in [0, 0.1) is 6.92 Å². The number of hydrogen-bond donors (Lipinski definition) is 0. The molecule has 3 heterocycles. The molecule has 3 aromatic rings. The Morgan fingerprint density at radius 1 is 1.23 bits per heavy atom. The number of alkyl halides is 3. The van der Waals surface area contributed by atoms with Crippen molar-refractivity contribution in [3.63, 3.8) is 0 Å². The minimum absolute atomic E-state index is 0.0201. The Bertz CT molecular complexity index is 1050. The maximum Gasteiger partial charge on any atom is 0.387 e. The molecule has 158 valence electrons. The van der Waals surface area contributed by atoms with Crippen molar-refractivity contribution in [2.24, 2.45) is 0 Å². The highest BCUT2D eigenvalue weighted by Crippen LogP contribution is 2.34. The van der Waals surface area contributed by atoms with Crippen molar-refractivity contribution in [1.29, 1.82) is 0 Å². The van der Waals surface area contributed by atoms with Crippen molar-refractivity contribution < 1.29 is 22.6 Å². The van der Waals surface area contributed by atoms with Crippen LogP contribution in [0.15, 0.2) is 36.5 Å². The second-order valence-electron chi connectivity index (χ2n) is 7.29. The first-order chi connectivity index (χ1) is 14.5. The van der Waals surface area contributed by atoms with Crippen LogP contribution >= 0.6 is 0 Å². The van der Waals surface area contributed by atoms with Crippen LogP contribution in [0.2, 0.25) is 0 Å². The second-order valence-corrected chi connectivity index (χ2v) is 7.29. The molecule has 0 spiro atoms. The zero-order chi connectivity index (χ0) is 21.3. The first kappa shape index (κ1) is 20.4. The molecule has 0 aliphatic carbocycles. The van der Waals surface area contributed by atoms with Gasteiger partial charge in [-0.05, 0) is 44.2 Å². The zero-order valence-electron chi connectivity index (χ0n) is 16.7. The summed E-state index contributed by atoms with van der Waals surface area (Å²) in [5.74, 6) is 0.477. The Kier molecular flexibility index (Phi) is 5.76. The summed E-state index contributed by atoms with van der Waals surface area (Å²) in [6.07, 6.45) is 2.40. The van der Waals surface area contributed by atoms with E-state index in [4.69, 9.17) is 9.72 Å². The Morgan fingerprint density at radius 2 is 2.07 bits per heavy atom. The van der Waals surface area contributed by atoms with E-state index in [0.29, 0.717) is 31.0 Å². The number of nitrogens with zero attached hydrogens (tertiary/aromatic N) is 3. The normalized spacial score (nSPS) is 16.4. The minimum Gasteiger partial charge on any atom is -0.434 e. The average Bonchev–Trinajstić information content (AvgIpc) is 2.94. The summed E-state index contributed by atoms with van der Waals surface area (Å²) in [7, 11) is 0. The number of imidazole rings is 1. The van der Waals surface area contributed by atoms with Gasteiger partial charge in [0.1, 0.15) is 18.2 Å². The van der Waals surface area contributed by atoms with Gasteiger partial charge in [-0.1, -0.05) is 0 Å². The monoisotopic (exact) mass is 417 g/mol. The highest BCUT2D eigenvalue weighted by molar-refractivity contribution is 5.69. The van der Waals surface area contributed by atoms with Crippen LogP contribution in [-0.2, 0) is 24.4 Å². The lowest BCUT2D eigenvalue weighted by atomic mass is 10.1. The fraction of sp³-hybridized carbons (Fsp3) is 0.364. The minimum atomic E-state index is -3.01. The molecule has 2 aromatic heterocycles. The Balaban J connectivity index is 1.86. The van der Waals surface area contributed by atoms with E-state index < -0.39 is 13.3 Å². The molecule has 1 aliphatic rings. The van der Waals surface area contributed by atoms with Crippen molar-refractivity contribution in [2.75, 3.05) is 6.61 Å². The largest absolute Gasteiger partial charge is 0.434 e. The topological polar surface area (TPSA) is 49.2 Å². The summed E-state index contributed by atoms with van der Waals surface area (Å²) in [6, 6.07) is 8.39. The first-order valence-corrected chi connectivity index (χ1v) is 9.74. The number of pyridine rings is 1. The van der Waals surface area contributed by atoms with Crippen LogP contribution in [0.25, 0.3) is 22.6 Å². The molecule has 0 radical (unpaired) electrons. The second kappa shape index (κ2) is 8.47. The quantitative estimate of drug-likeness (QED) is 0.589. The van der Waals surface area contributed by atoms with Crippen molar-refractivity contribution in [3.05, 3.63) is 53.5 Å². The molecular weight excluding hydrogens is 395 g/mol. The Morgan fingerprint density at radius 3 is 2.80 bits per heavy atom. The third-order valence-corrected chi connectivity index (χ3v) is 5.10. The predicted octanol–water partition coefficient (Wildman–Crippen LogP) is 4.95. The molecule has 0 saturated heterocycles. The molecule has 0 unspecified atom stereocenters. The average molecular weight is 417 g/mol. The summed E-state index contributed by atoms with van der Waals surface area (Å²) < 4.78 is 51.1. The number of halogens is 3. The maximum absolute atomic E-state index is 13.5. The SMILES string of the molecule is Cc1cc(-c2nc(-c3ccc(OC(F)F)c(CF)c3)n3c2CCO[C@H](C)C3)ccn1. The van der Waals surface area contributed by atoms with Crippen LogP contribution in [0.1, 0.15) is 23.9 Å². The highest BCUT2D eigenvalue weighted by atomic mass is 19.3. The van der Waals surface area contributed by atoms with Gasteiger partial charge in [0.2, 0.25) is 0 Å².